The van der Waals surface area contributed by atoms with Gasteiger partial charge >= 0.3 is 0 Å². The van der Waals surface area contributed by atoms with Gasteiger partial charge < -0.3 is 4.90 Å². The fourth-order valence-electron chi connectivity index (χ4n) is 2.38. The predicted octanol–water partition coefficient (Wildman–Crippen LogP) is 3.91. The Morgan fingerprint density at radius 1 is 0.955 bits per heavy atom. The predicted molar refractivity (Wildman–Crippen MR) is 75.7 cm³/mol. The number of halogens is 3. The molecule has 0 heterocycles. The molecule has 0 radical (unpaired) electrons. The summed E-state index contributed by atoms with van der Waals surface area (Å²) in [4.78, 5) is 14.1. The van der Waals surface area contributed by atoms with Crippen LogP contribution in [0.1, 0.15) is 28.8 Å². The first-order chi connectivity index (χ1) is 10.5. The molecule has 1 saturated carbocycles. The fraction of sp³-hybridized carbons (Fsp3) is 0.235. The van der Waals surface area contributed by atoms with Gasteiger partial charge in [0.15, 0.2) is 0 Å². The molecule has 1 amide bonds. The van der Waals surface area contributed by atoms with Crippen LogP contribution in [-0.4, -0.2) is 16.8 Å². The monoisotopic (exact) mass is 305 g/mol. The van der Waals surface area contributed by atoms with Gasteiger partial charge in [0.05, 0.1) is 0 Å². The maximum absolute atomic E-state index is 13.3. The van der Waals surface area contributed by atoms with E-state index in [1.165, 1.54) is 12.1 Å². The summed E-state index contributed by atoms with van der Waals surface area (Å²) in [6.07, 6.45) is 1.73. The molecule has 114 valence electrons. The van der Waals surface area contributed by atoms with Crippen molar-refractivity contribution < 1.29 is 18.0 Å². The van der Waals surface area contributed by atoms with Gasteiger partial charge in [0.2, 0.25) is 0 Å². The Labute approximate surface area is 126 Å². The maximum Gasteiger partial charge on any atom is 0.254 e. The quantitative estimate of drug-likeness (QED) is 0.838. The van der Waals surface area contributed by atoms with Crippen LogP contribution >= 0.6 is 0 Å². The van der Waals surface area contributed by atoms with Gasteiger partial charge in [-0.1, -0.05) is 12.1 Å². The van der Waals surface area contributed by atoms with E-state index in [9.17, 15) is 18.0 Å². The highest BCUT2D eigenvalue weighted by Crippen LogP contribution is 2.30. The summed E-state index contributed by atoms with van der Waals surface area (Å²) in [5.41, 5.74) is 0.769. The third-order valence-electron chi connectivity index (χ3n) is 3.62. The summed E-state index contributed by atoms with van der Waals surface area (Å²) in [5, 5.41) is 0. The van der Waals surface area contributed by atoms with Crippen molar-refractivity contribution in [1.29, 1.82) is 0 Å². The molecule has 0 saturated heterocycles. The molecule has 1 aliphatic carbocycles. The molecule has 3 rings (SSSR count). The first kappa shape index (κ1) is 14.6. The summed E-state index contributed by atoms with van der Waals surface area (Å²) in [7, 11) is 0. The van der Waals surface area contributed by atoms with E-state index in [4.69, 9.17) is 0 Å². The minimum atomic E-state index is -0.777. The van der Waals surface area contributed by atoms with E-state index in [1.807, 2.05) is 0 Å². The zero-order valence-electron chi connectivity index (χ0n) is 11.7. The van der Waals surface area contributed by atoms with Gasteiger partial charge in [-0.2, -0.15) is 0 Å². The molecular formula is C17H14F3NO. The van der Waals surface area contributed by atoms with Crippen LogP contribution in [0, 0.1) is 17.5 Å². The minimum absolute atomic E-state index is 0.00786. The molecule has 0 unspecified atom stereocenters. The van der Waals surface area contributed by atoms with Crippen molar-refractivity contribution in [2.75, 3.05) is 0 Å². The molecule has 22 heavy (non-hydrogen) atoms. The van der Waals surface area contributed by atoms with Crippen molar-refractivity contribution in [3.8, 4) is 0 Å². The first-order valence-corrected chi connectivity index (χ1v) is 7.04. The normalized spacial score (nSPS) is 14.0. The lowest BCUT2D eigenvalue weighted by Gasteiger charge is -2.22. The van der Waals surface area contributed by atoms with Crippen LogP contribution in [0.3, 0.4) is 0 Å². The maximum atomic E-state index is 13.3. The van der Waals surface area contributed by atoms with Crippen molar-refractivity contribution >= 4 is 5.91 Å². The average Bonchev–Trinajstić information content (AvgIpc) is 3.29. The molecule has 0 N–H and O–H groups in total. The van der Waals surface area contributed by atoms with E-state index < -0.39 is 17.5 Å². The third kappa shape index (κ3) is 3.30. The highest BCUT2D eigenvalue weighted by Gasteiger charge is 2.33. The number of hydrogen-bond acceptors (Lipinski definition) is 1. The summed E-state index contributed by atoms with van der Waals surface area (Å²) in [6, 6.07) is 8.73. The van der Waals surface area contributed by atoms with Crippen LogP contribution in [0.25, 0.3) is 0 Å². The smallest absolute Gasteiger partial charge is 0.254 e. The number of carbonyl (C=O) groups is 1. The molecule has 0 spiro atoms. The number of benzene rings is 2. The minimum Gasteiger partial charge on any atom is -0.331 e. The van der Waals surface area contributed by atoms with Crippen molar-refractivity contribution in [3.05, 3.63) is 71.0 Å². The van der Waals surface area contributed by atoms with Crippen LogP contribution in [-0.2, 0) is 6.54 Å². The lowest BCUT2D eigenvalue weighted by atomic mass is 10.1. The van der Waals surface area contributed by atoms with Gasteiger partial charge in [0, 0.05) is 24.2 Å². The van der Waals surface area contributed by atoms with E-state index in [0.29, 0.717) is 6.54 Å². The van der Waals surface area contributed by atoms with Crippen LogP contribution in [0.2, 0.25) is 0 Å². The van der Waals surface area contributed by atoms with Gasteiger partial charge in [-0.05, 0) is 42.7 Å². The fourth-order valence-corrected chi connectivity index (χ4v) is 2.38. The second-order valence-corrected chi connectivity index (χ2v) is 5.45. The van der Waals surface area contributed by atoms with Crippen molar-refractivity contribution in [3.63, 3.8) is 0 Å². The first-order valence-electron chi connectivity index (χ1n) is 7.04. The second kappa shape index (κ2) is 5.83. The van der Waals surface area contributed by atoms with Gasteiger partial charge in [-0.25, -0.2) is 13.2 Å². The Morgan fingerprint density at radius 3 is 2.09 bits per heavy atom. The van der Waals surface area contributed by atoms with Crippen molar-refractivity contribution in [2.45, 2.75) is 25.4 Å². The number of amides is 1. The SMILES string of the molecule is O=C(c1cc(F)cc(F)c1)N(Cc1ccc(F)cc1)C1CC1. The van der Waals surface area contributed by atoms with Gasteiger partial charge in [0.25, 0.3) is 5.91 Å². The van der Waals surface area contributed by atoms with Crippen LogP contribution in [0.5, 0.6) is 0 Å². The molecule has 2 aromatic rings. The number of rotatable bonds is 4. The molecule has 1 fully saturated rings. The molecule has 2 aromatic carbocycles. The van der Waals surface area contributed by atoms with Crippen molar-refractivity contribution in [1.82, 2.24) is 4.90 Å². The zero-order valence-corrected chi connectivity index (χ0v) is 11.7. The van der Waals surface area contributed by atoms with Gasteiger partial charge in [-0.3, -0.25) is 4.79 Å². The largest absolute Gasteiger partial charge is 0.331 e. The molecule has 5 heteroatoms. The van der Waals surface area contributed by atoms with E-state index in [2.05, 4.69) is 0 Å². The molecule has 1 aliphatic rings. The highest BCUT2D eigenvalue weighted by molar-refractivity contribution is 5.94. The standard InChI is InChI=1S/C17H14F3NO/c18-13-3-1-11(2-4-13)10-21(16-5-6-16)17(22)12-7-14(19)9-15(20)8-12/h1-4,7-9,16H,5-6,10H2. The summed E-state index contributed by atoms with van der Waals surface area (Å²) in [5.74, 6) is -2.31. The summed E-state index contributed by atoms with van der Waals surface area (Å²) >= 11 is 0. The lowest BCUT2D eigenvalue weighted by molar-refractivity contribution is 0.0729. The Bertz CT molecular complexity index is 675. The van der Waals surface area contributed by atoms with E-state index in [1.54, 1.807) is 17.0 Å². The summed E-state index contributed by atoms with van der Waals surface area (Å²) in [6.45, 7) is 0.294. The van der Waals surface area contributed by atoms with Crippen LogP contribution < -0.4 is 0 Å². The third-order valence-corrected chi connectivity index (χ3v) is 3.62. The Balaban J connectivity index is 1.84. The Hall–Kier alpha value is -2.30. The second-order valence-electron chi connectivity index (χ2n) is 5.45. The van der Waals surface area contributed by atoms with Gasteiger partial charge in [0.1, 0.15) is 17.5 Å². The topological polar surface area (TPSA) is 20.3 Å². The Kier molecular flexibility index (Phi) is 3.88. The van der Waals surface area contributed by atoms with Crippen molar-refractivity contribution in [2.24, 2.45) is 0 Å². The Morgan fingerprint density at radius 2 is 1.55 bits per heavy atom. The summed E-state index contributed by atoms with van der Waals surface area (Å²) < 4.78 is 39.5. The highest BCUT2D eigenvalue weighted by atomic mass is 19.1. The van der Waals surface area contributed by atoms with Crippen LogP contribution in [0.4, 0.5) is 13.2 Å². The molecule has 2 nitrogen and oxygen atoms in total. The lowest BCUT2D eigenvalue weighted by Crippen LogP contribution is -2.32. The average molecular weight is 305 g/mol. The molecular weight excluding hydrogens is 291 g/mol. The van der Waals surface area contributed by atoms with E-state index in [0.717, 1.165) is 36.6 Å². The molecule has 0 bridgehead atoms. The number of nitrogens with zero attached hydrogens (tertiary/aromatic N) is 1. The van der Waals surface area contributed by atoms with Gasteiger partial charge in [-0.15, -0.1) is 0 Å². The molecule has 0 aromatic heterocycles. The number of carbonyl (C=O) groups excluding carboxylic acids is 1. The molecule has 0 atom stereocenters. The van der Waals surface area contributed by atoms with E-state index in [-0.39, 0.29) is 17.4 Å². The number of hydrogen-bond donors (Lipinski definition) is 0. The van der Waals surface area contributed by atoms with Crippen LogP contribution in [0.15, 0.2) is 42.5 Å². The molecule has 0 aliphatic heterocycles. The zero-order chi connectivity index (χ0) is 15.7. The van der Waals surface area contributed by atoms with E-state index >= 15 is 0 Å².